The summed E-state index contributed by atoms with van der Waals surface area (Å²) in [6, 6.07) is 12.0. The molecule has 2 aromatic carbocycles. The molecule has 3 N–H and O–H groups in total. The predicted molar refractivity (Wildman–Crippen MR) is 106 cm³/mol. The van der Waals surface area contributed by atoms with Gasteiger partial charge in [0.1, 0.15) is 0 Å². The third-order valence-electron chi connectivity index (χ3n) is 4.02. The molecule has 0 saturated carbocycles. The van der Waals surface area contributed by atoms with Crippen molar-refractivity contribution in [1.29, 1.82) is 0 Å². The van der Waals surface area contributed by atoms with E-state index in [0.717, 1.165) is 5.56 Å². The second kappa shape index (κ2) is 8.22. The van der Waals surface area contributed by atoms with Crippen molar-refractivity contribution < 1.29 is 14.4 Å². The summed E-state index contributed by atoms with van der Waals surface area (Å²) in [5, 5.41) is 2.92. The van der Waals surface area contributed by atoms with Gasteiger partial charge in [0.15, 0.2) is 0 Å². The highest BCUT2D eigenvalue weighted by Gasteiger charge is 2.17. The highest BCUT2D eigenvalue weighted by molar-refractivity contribution is 6.40. The molecule has 6 nitrogen and oxygen atoms in total. The minimum atomic E-state index is -0.992. The molecule has 0 atom stereocenters. The van der Waals surface area contributed by atoms with Crippen LogP contribution in [0.25, 0.3) is 0 Å². The van der Waals surface area contributed by atoms with E-state index >= 15 is 0 Å². The average molecular weight is 388 g/mol. The first-order valence-electron chi connectivity index (χ1n) is 8.37. The van der Waals surface area contributed by atoms with Gasteiger partial charge in [-0.3, -0.25) is 25.2 Å². The van der Waals surface area contributed by atoms with E-state index in [1.165, 1.54) is 0 Å². The molecule has 0 radical (unpaired) electrons. The Morgan fingerprint density at radius 1 is 0.889 bits per heavy atom. The lowest BCUT2D eigenvalue weighted by atomic mass is 9.87. The van der Waals surface area contributed by atoms with Gasteiger partial charge in [0, 0.05) is 16.3 Å². The third kappa shape index (κ3) is 5.31. The van der Waals surface area contributed by atoms with Crippen molar-refractivity contribution in [3.05, 3.63) is 64.2 Å². The number of halogens is 1. The van der Waals surface area contributed by atoms with Gasteiger partial charge in [0.25, 0.3) is 5.91 Å². The van der Waals surface area contributed by atoms with Crippen molar-refractivity contribution in [2.75, 3.05) is 5.32 Å². The van der Waals surface area contributed by atoms with Crippen molar-refractivity contribution >= 4 is 35.0 Å². The smallest absolute Gasteiger partial charge is 0.317 e. The van der Waals surface area contributed by atoms with Crippen LogP contribution in [0.5, 0.6) is 0 Å². The van der Waals surface area contributed by atoms with Gasteiger partial charge in [0.2, 0.25) is 0 Å². The van der Waals surface area contributed by atoms with E-state index in [0.29, 0.717) is 21.8 Å². The van der Waals surface area contributed by atoms with Gasteiger partial charge in [-0.1, -0.05) is 50.6 Å². The molecule has 0 heterocycles. The van der Waals surface area contributed by atoms with Crippen LogP contribution in [0.2, 0.25) is 5.02 Å². The zero-order valence-electron chi connectivity index (χ0n) is 15.6. The van der Waals surface area contributed by atoms with Crippen molar-refractivity contribution in [2.45, 2.75) is 33.1 Å². The lowest BCUT2D eigenvalue weighted by Gasteiger charge is -2.19. The van der Waals surface area contributed by atoms with Crippen LogP contribution in [-0.2, 0) is 15.0 Å². The number of nitrogens with one attached hydrogen (secondary N) is 3. The largest absolute Gasteiger partial charge is 0.328 e. The van der Waals surface area contributed by atoms with Crippen LogP contribution in [0.4, 0.5) is 5.69 Å². The second-order valence-electron chi connectivity index (χ2n) is 7.10. The zero-order valence-corrected chi connectivity index (χ0v) is 16.4. The van der Waals surface area contributed by atoms with E-state index in [9.17, 15) is 14.4 Å². The highest BCUT2D eigenvalue weighted by atomic mass is 35.5. The second-order valence-corrected chi connectivity index (χ2v) is 7.51. The summed E-state index contributed by atoms with van der Waals surface area (Å²) < 4.78 is 0. The standard InChI is InChI=1S/C20H22ClN3O3/c1-12-15(21)6-5-7-16(12)22-18(26)19(27)24-23-17(25)13-8-10-14(11-9-13)20(2,3)4/h5-11H,1-4H3,(H,22,26)(H,23,25)(H,24,27). The SMILES string of the molecule is Cc1c(Cl)cccc1NC(=O)C(=O)NNC(=O)c1ccc(C(C)(C)C)cc1. The molecule has 0 fully saturated rings. The van der Waals surface area contributed by atoms with Crippen LogP contribution in [-0.4, -0.2) is 17.7 Å². The van der Waals surface area contributed by atoms with Gasteiger partial charge < -0.3 is 5.32 Å². The number of amides is 3. The summed E-state index contributed by atoms with van der Waals surface area (Å²) >= 11 is 5.98. The topological polar surface area (TPSA) is 87.3 Å². The molecule has 0 aromatic heterocycles. The predicted octanol–water partition coefficient (Wildman–Crippen LogP) is 3.35. The summed E-state index contributed by atoms with van der Waals surface area (Å²) in [6.07, 6.45) is 0. The molecule has 7 heteroatoms. The first kappa shape index (κ1) is 20.5. The van der Waals surface area contributed by atoms with Crippen LogP contribution in [0.15, 0.2) is 42.5 Å². The van der Waals surface area contributed by atoms with Crippen molar-refractivity contribution in [3.63, 3.8) is 0 Å². The maximum absolute atomic E-state index is 12.1. The molecule has 2 rings (SSSR count). The summed E-state index contributed by atoms with van der Waals surface area (Å²) in [6.45, 7) is 7.94. The van der Waals surface area contributed by atoms with Gasteiger partial charge in [-0.05, 0) is 47.7 Å². The number of hydrogen-bond donors (Lipinski definition) is 3. The molecule has 27 heavy (non-hydrogen) atoms. The fraction of sp³-hybridized carbons (Fsp3) is 0.250. The summed E-state index contributed by atoms with van der Waals surface area (Å²) in [7, 11) is 0. The van der Waals surface area contributed by atoms with Crippen LogP contribution in [0.3, 0.4) is 0 Å². The Morgan fingerprint density at radius 2 is 1.52 bits per heavy atom. The summed E-state index contributed by atoms with van der Waals surface area (Å²) in [5.41, 5.74) is 6.81. The number of hydrazine groups is 1. The number of rotatable bonds is 2. The van der Waals surface area contributed by atoms with Crippen LogP contribution < -0.4 is 16.2 Å². The monoisotopic (exact) mass is 387 g/mol. The van der Waals surface area contributed by atoms with E-state index in [2.05, 4.69) is 36.9 Å². The number of benzene rings is 2. The van der Waals surface area contributed by atoms with Gasteiger partial charge >= 0.3 is 11.8 Å². The Labute approximate surface area is 163 Å². The first-order chi connectivity index (χ1) is 12.6. The molecule has 0 aliphatic carbocycles. The van der Waals surface area contributed by atoms with Crippen molar-refractivity contribution in [2.24, 2.45) is 0 Å². The lowest BCUT2D eigenvalue weighted by molar-refractivity contribution is -0.136. The number of hydrogen-bond acceptors (Lipinski definition) is 3. The Kier molecular flexibility index (Phi) is 6.23. The number of anilines is 1. The molecular formula is C20H22ClN3O3. The number of carbonyl (C=O) groups is 3. The van der Waals surface area contributed by atoms with E-state index < -0.39 is 17.7 Å². The molecule has 0 unspecified atom stereocenters. The summed E-state index contributed by atoms with van der Waals surface area (Å²) in [4.78, 5) is 36.0. The molecule has 3 amide bonds. The fourth-order valence-corrected chi connectivity index (χ4v) is 2.46. The van der Waals surface area contributed by atoms with E-state index in [4.69, 9.17) is 11.6 Å². The molecular weight excluding hydrogens is 366 g/mol. The fourth-order valence-electron chi connectivity index (χ4n) is 2.29. The minimum absolute atomic E-state index is 0.0280. The van der Waals surface area contributed by atoms with E-state index in [-0.39, 0.29) is 5.41 Å². The van der Waals surface area contributed by atoms with Gasteiger partial charge in [-0.25, -0.2) is 0 Å². The molecule has 142 valence electrons. The third-order valence-corrected chi connectivity index (χ3v) is 4.43. The maximum Gasteiger partial charge on any atom is 0.328 e. The molecule has 2 aromatic rings. The average Bonchev–Trinajstić information content (AvgIpc) is 2.62. The quantitative estimate of drug-likeness (QED) is 0.545. The lowest BCUT2D eigenvalue weighted by Crippen LogP contribution is -2.46. The Bertz CT molecular complexity index is 871. The van der Waals surface area contributed by atoms with Crippen molar-refractivity contribution in [3.8, 4) is 0 Å². The van der Waals surface area contributed by atoms with Gasteiger partial charge in [-0.15, -0.1) is 0 Å². The van der Waals surface area contributed by atoms with Gasteiger partial charge in [0.05, 0.1) is 0 Å². The van der Waals surface area contributed by atoms with Gasteiger partial charge in [-0.2, -0.15) is 0 Å². The Balaban J connectivity index is 1.93. The van der Waals surface area contributed by atoms with Crippen LogP contribution in [0, 0.1) is 6.92 Å². The van der Waals surface area contributed by atoms with E-state index in [1.807, 2.05) is 12.1 Å². The van der Waals surface area contributed by atoms with Crippen molar-refractivity contribution in [1.82, 2.24) is 10.9 Å². The first-order valence-corrected chi connectivity index (χ1v) is 8.74. The molecule has 0 aliphatic rings. The highest BCUT2D eigenvalue weighted by Crippen LogP contribution is 2.23. The molecule has 0 aliphatic heterocycles. The summed E-state index contributed by atoms with van der Waals surface area (Å²) in [5.74, 6) is -2.42. The molecule has 0 saturated heterocycles. The Hall–Kier alpha value is -2.86. The number of carbonyl (C=O) groups excluding carboxylic acids is 3. The molecule has 0 bridgehead atoms. The van der Waals surface area contributed by atoms with Crippen LogP contribution >= 0.6 is 11.6 Å². The minimum Gasteiger partial charge on any atom is -0.317 e. The maximum atomic E-state index is 12.1. The molecule has 0 spiro atoms. The van der Waals surface area contributed by atoms with E-state index in [1.54, 1.807) is 37.3 Å². The zero-order chi connectivity index (χ0) is 20.2. The van der Waals surface area contributed by atoms with Crippen LogP contribution in [0.1, 0.15) is 42.3 Å². The normalized spacial score (nSPS) is 10.9. The Morgan fingerprint density at radius 3 is 2.11 bits per heavy atom.